The second kappa shape index (κ2) is 5.64. The van der Waals surface area contributed by atoms with E-state index in [-0.39, 0.29) is 0 Å². The molecule has 0 atom stereocenters. The molecule has 3 nitrogen and oxygen atoms in total. The summed E-state index contributed by atoms with van der Waals surface area (Å²) in [5.41, 5.74) is 0. The molecular formula is C12H18BrN3. The maximum Gasteiger partial charge on any atom is 0.129 e. The third-order valence-corrected chi connectivity index (χ3v) is 3.48. The van der Waals surface area contributed by atoms with Crippen LogP contribution in [0.3, 0.4) is 0 Å². The van der Waals surface area contributed by atoms with E-state index in [2.05, 4.69) is 43.8 Å². The SMILES string of the molecule is CN(CCN1CCCC1)c1cccc(Br)n1. The molecule has 1 aromatic heterocycles. The first kappa shape index (κ1) is 11.9. The van der Waals surface area contributed by atoms with Crippen molar-refractivity contribution in [2.75, 3.05) is 38.1 Å². The number of hydrogen-bond acceptors (Lipinski definition) is 3. The van der Waals surface area contributed by atoms with E-state index in [1.54, 1.807) is 0 Å². The summed E-state index contributed by atoms with van der Waals surface area (Å²) in [6.07, 6.45) is 2.72. The van der Waals surface area contributed by atoms with Gasteiger partial charge >= 0.3 is 0 Å². The number of hydrogen-bond donors (Lipinski definition) is 0. The summed E-state index contributed by atoms with van der Waals surface area (Å²) in [5.74, 6) is 1.04. The number of likely N-dealkylation sites (tertiary alicyclic amines) is 1. The van der Waals surface area contributed by atoms with Crippen molar-refractivity contribution in [1.29, 1.82) is 0 Å². The van der Waals surface area contributed by atoms with Gasteiger partial charge in [0.25, 0.3) is 0 Å². The Morgan fingerprint density at radius 1 is 1.38 bits per heavy atom. The Morgan fingerprint density at radius 3 is 2.81 bits per heavy atom. The van der Waals surface area contributed by atoms with Crippen LogP contribution in [-0.4, -0.2) is 43.1 Å². The van der Waals surface area contributed by atoms with Gasteiger partial charge in [0.2, 0.25) is 0 Å². The molecule has 0 spiro atoms. The van der Waals surface area contributed by atoms with Gasteiger partial charge in [-0.05, 0) is 54.0 Å². The van der Waals surface area contributed by atoms with Crippen LogP contribution in [-0.2, 0) is 0 Å². The highest BCUT2D eigenvalue weighted by molar-refractivity contribution is 9.10. The first-order valence-corrected chi connectivity index (χ1v) is 6.61. The highest BCUT2D eigenvalue weighted by atomic mass is 79.9. The van der Waals surface area contributed by atoms with Crippen LogP contribution >= 0.6 is 15.9 Å². The fourth-order valence-corrected chi connectivity index (χ4v) is 2.36. The molecule has 0 aromatic carbocycles. The van der Waals surface area contributed by atoms with Crippen molar-refractivity contribution in [3.63, 3.8) is 0 Å². The van der Waals surface area contributed by atoms with Crippen LogP contribution in [0.4, 0.5) is 5.82 Å². The molecule has 0 bridgehead atoms. The van der Waals surface area contributed by atoms with Gasteiger partial charge in [0.05, 0.1) is 0 Å². The number of anilines is 1. The Balaban J connectivity index is 1.85. The predicted octanol–water partition coefficient (Wildman–Crippen LogP) is 2.38. The highest BCUT2D eigenvalue weighted by Gasteiger charge is 2.12. The molecule has 0 saturated carbocycles. The molecule has 0 aliphatic carbocycles. The van der Waals surface area contributed by atoms with E-state index in [1.807, 2.05) is 12.1 Å². The minimum Gasteiger partial charge on any atom is -0.358 e. The molecule has 2 heterocycles. The zero-order chi connectivity index (χ0) is 11.4. The van der Waals surface area contributed by atoms with Crippen LogP contribution in [0.15, 0.2) is 22.8 Å². The monoisotopic (exact) mass is 283 g/mol. The molecule has 88 valence electrons. The van der Waals surface area contributed by atoms with Gasteiger partial charge in [-0.2, -0.15) is 0 Å². The second-order valence-electron chi connectivity index (χ2n) is 4.29. The lowest BCUT2D eigenvalue weighted by Gasteiger charge is -2.22. The average Bonchev–Trinajstić information content (AvgIpc) is 2.78. The third kappa shape index (κ3) is 3.19. The number of aromatic nitrogens is 1. The van der Waals surface area contributed by atoms with Crippen molar-refractivity contribution in [3.05, 3.63) is 22.8 Å². The molecule has 2 rings (SSSR count). The van der Waals surface area contributed by atoms with Crippen molar-refractivity contribution >= 4 is 21.7 Å². The van der Waals surface area contributed by atoms with Crippen molar-refractivity contribution < 1.29 is 0 Å². The Labute approximate surface area is 106 Å². The van der Waals surface area contributed by atoms with Crippen molar-refractivity contribution in [2.24, 2.45) is 0 Å². The lowest BCUT2D eigenvalue weighted by Crippen LogP contribution is -2.31. The van der Waals surface area contributed by atoms with E-state index in [4.69, 9.17) is 0 Å². The van der Waals surface area contributed by atoms with E-state index >= 15 is 0 Å². The molecule has 1 fully saturated rings. The molecule has 0 amide bonds. The van der Waals surface area contributed by atoms with E-state index in [0.29, 0.717) is 0 Å². The lowest BCUT2D eigenvalue weighted by molar-refractivity contribution is 0.346. The molecule has 0 unspecified atom stereocenters. The molecule has 1 aromatic rings. The van der Waals surface area contributed by atoms with Crippen LogP contribution in [0, 0.1) is 0 Å². The maximum absolute atomic E-state index is 4.44. The van der Waals surface area contributed by atoms with E-state index in [0.717, 1.165) is 23.5 Å². The van der Waals surface area contributed by atoms with E-state index in [1.165, 1.54) is 25.9 Å². The number of rotatable bonds is 4. The standard InChI is InChI=1S/C12H18BrN3/c1-15(9-10-16-7-2-3-8-16)12-6-4-5-11(13)14-12/h4-6H,2-3,7-10H2,1H3. The maximum atomic E-state index is 4.44. The molecular weight excluding hydrogens is 266 g/mol. The molecule has 16 heavy (non-hydrogen) atoms. The van der Waals surface area contributed by atoms with Gasteiger partial charge in [-0.15, -0.1) is 0 Å². The summed E-state index contributed by atoms with van der Waals surface area (Å²) in [6.45, 7) is 4.72. The number of nitrogens with zero attached hydrogens (tertiary/aromatic N) is 3. The summed E-state index contributed by atoms with van der Waals surface area (Å²) < 4.78 is 0.901. The van der Waals surface area contributed by atoms with Crippen LogP contribution in [0.25, 0.3) is 0 Å². The third-order valence-electron chi connectivity index (χ3n) is 3.04. The molecule has 0 radical (unpaired) electrons. The van der Waals surface area contributed by atoms with Gasteiger partial charge in [0, 0.05) is 20.1 Å². The van der Waals surface area contributed by atoms with Crippen molar-refractivity contribution in [1.82, 2.24) is 9.88 Å². The van der Waals surface area contributed by atoms with Gasteiger partial charge < -0.3 is 9.80 Å². The smallest absolute Gasteiger partial charge is 0.129 e. The van der Waals surface area contributed by atoms with Crippen LogP contribution in [0.2, 0.25) is 0 Å². The van der Waals surface area contributed by atoms with Gasteiger partial charge in [0.1, 0.15) is 10.4 Å². The molecule has 1 aliphatic heterocycles. The largest absolute Gasteiger partial charge is 0.358 e. The second-order valence-corrected chi connectivity index (χ2v) is 5.10. The predicted molar refractivity (Wildman–Crippen MR) is 70.9 cm³/mol. The highest BCUT2D eigenvalue weighted by Crippen LogP contribution is 2.14. The van der Waals surface area contributed by atoms with Crippen molar-refractivity contribution in [2.45, 2.75) is 12.8 Å². The topological polar surface area (TPSA) is 19.4 Å². The fraction of sp³-hybridized carbons (Fsp3) is 0.583. The molecule has 1 saturated heterocycles. The van der Waals surface area contributed by atoms with Gasteiger partial charge in [0.15, 0.2) is 0 Å². The Bertz CT molecular complexity index is 337. The van der Waals surface area contributed by atoms with Crippen LogP contribution in [0.1, 0.15) is 12.8 Å². The summed E-state index contributed by atoms with van der Waals surface area (Å²) in [5, 5.41) is 0. The zero-order valence-corrected chi connectivity index (χ0v) is 11.3. The quantitative estimate of drug-likeness (QED) is 0.791. The van der Waals surface area contributed by atoms with E-state index < -0.39 is 0 Å². The minimum absolute atomic E-state index is 0.901. The molecule has 0 N–H and O–H groups in total. The number of halogens is 1. The van der Waals surface area contributed by atoms with E-state index in [9.17, 15) is 0 Å². The van der Waals surface area contributed by atoms with Crippen LogP contribution < -0.4 is 4.90 Å². The Hall–Kier alpha value is -0.610. The van der Waals surface area contributed by atoms with Gasteiger partial charge in [-0.1, -0.05) is 6.07 Å². The zero-order valence-electron chi connectivity index (χ0n) is 9.69. The van der Waals surface area contributed by atoms with Crippen LogP contribution in [0.5, 0.6) is 0 Å². The summed E-state index contributed by atoms with van der Waals surface area (Å²) in [4.78, 5) is 9.18. The first-order valence-electron chi connectivity index (χ1n) is 5.82. The summed E-state index contributed by atoms with van der Waals surface area (Å²) in [7, 11) is 2.10. The Kier molecular flexibility index (Phi) is 4.18. The van der Waals surface area contributed by atoms with Gasteiger partial charge in [-0.3, -0.25) is 0 Å². The minimum atomic E-state index is 0.901. The molecule has 1 aliphatic rings. The summed E-state index contributed by atoms with van der Waals surface area (Å²) >= 11 is 3.40. The van der Waals surface area contributed by atoms with Gasteiger partial charge in [-0.25, -0.2) is 4.98 Å². The Morgan fingerprint density at radius 2 is 2.12 bits per heavy atom. The molecule has 4 heteroatoms. The fourth-order valence-electron chi connectivity index (χ4n) is 2.02. The first-order chi connectivity index (χ1) is 7.75. The normalized spacial score (nSPS) is 16.6. The number of likely N-dealkylation sites (N-methyl/N-ethyl adjacent to an activating group) is 1. The van der Waals surface area contributed by atoms with Crippen molar-refractivity contribution in [3.8, 4) is 0 Å². The average molecular weight is 284 g/mol. The number of pyridine rings is 1. The summed E-state index contributed by atoms with van der Waals surface area (Å²) in [6, 6.07) is 6.03. The lowest BCUT2D eigenvalue weighted by atomic mass is 10.4.